The van der Waals surface area contributed by atoms with E-state index in [1.807, 2.05) is 12.3 Å². The Kier molecular flexibility index (Phi) is 6.77. The number of nitrogens with zero attached hydrogens (tertiary/aromatic N) is 1. The summed E-state index contributed by atoms with van der Waals surface area (Å²) < 4.78 is 15.8. The molecule has 112 valence electrons. The van der Waals surface area contributed by atoms with E-state index in [-0.39, 0.29) is 0 Å². The topological polar surface area (TPSA) is 52.6 Å². The van der Waals surface area contributed by atoms with Crippen molar-refractivity contribution in [1.82, 2.24) is 10.3 Å². The van der Waals surface area contributed by atoms with Crippen LogP contribution in [0.3, 0.4) is 0 Å². The highest BCUT2D eigenvalue weighted by atomic mass is 16.5. The first kappa shape index (κ1) is 15.2. The standard InChI is InChI=1S/C15H24N2O3/c1-18-9-10-19-7-2-8-20-15-6-3-13(12-17-15)11-16-14-4-5-14/h3,6,12,14,16H,2,4-5,7-11H2,1H3. The molecule has 2 rings (SSSR count). The molecule has 0 unspecified atom stereocenters. The molecule has 1 aliphatic carbocycles. The first-order chi connectivity index (χ1) is 9.88. The van der Waals surface area contributed by atoms with Crippen LogP contribution in [0.5, 0.6) is 5.88 Å². The minimum absolute atomic E-state index is 0.625. The molecule has 0 radical (unpaired) electrons. The van der Waals surface area contributed by atoms with Gasteiger partial charge in [0.15, 0.2) is 0 Å². The fourth-order valence-corrected chi connectivity index (χ4v) is 1.73. The van der Waals surface area contributed by atoms with Gasteiger partial charge in [-0.3, -0.25) is 0 Å². The average Bonchev–Trinajstić information content (AvgIpc) is 3.30. The van der Waals surface area contributed by atoms with Gasteiger partial charge in [-0.1, -0.05) is 6.07 Å². The Morgan fingerprint density at radius 1 is 1.20 bits per heavy atom. The minimum Gasteiger partial charge on any atom is -0.478 e. The number of hydrogen-bond donors (Lipinski definition) is 1. The van der Waals surface area contributed by atoms with E-state index in [0.29, 0.717) is 32.3 Å². The van der Waals surface area contributed by atoms with E-state index in [1.54, 1.807) is 7.11 Å². The van der Waals surface area contributed by atoms with Gasteiger partial charge in [0.05, 0.1) is 19.8 Å². The third-order valence-corrected chi connectivity index (χ3v) is 3.08. The van der Waals surface area contributed by atoms with Gasteiger partial charge in [-0.05, 0) is 18.4 Å². The maximum absolute atomic E-state index is 5.56. The molecule has 20 heavy (non-hydrogen) atoms. The molecule has 1 saturated carbocycles. The Labute approximate surface area is 120 Å². The van der Waals surface area contributed by atoms with Crippen molar-refractivity contribution in [3.63, 3.8) is 0 Å². The third kappa shape index (κ3) is 6.32. The Bertz CT molecular complexity index is 366. The third-order valence-electron chi connectivity index (χ3n) is 3.08. The van der Waals surface area contributed by atoms with Gasteiger partial charge in [-0.25, -0.2) is 4.98 Å². The van der Waals surface area contributed by atoms with Crippen LogP contribution < -0.4 is 10.1 Å². The molecular formula is C15H24N2O3. The van der Waals surface area contributed by atoms with E-state index in [4.69, 9.17) is 14.2 Å². The van der Waals surface area contributed by atoms with Gasteiger partial charge in [0.1, 0.15) is 0 Å². The van der Waals surface area contributed by atoms with Crippen LogP contribution in [-0.4, -0.2) is 44.6 Å². The zero-order valence-electron chi connectivity index (χ0n) is 12.1. The van der Waals surface area contributed by atoms with Gasteiger partial charge in [0, 0.05) is 45.0 Å². The molecule has 1 aromatic heterocycles. The van der Waals surface area contributed by atoms with Crippen molar-refractivity contribution in [2.75, 3.05) is 33.5 Å². The molecule has 1 aliphatic rings. The van der Waals surface area contributed by atoms with Crippen molar-refractivity contribution >= 4 is 0 Å². The van der Waals surface area contributed by atoms with Gasteiger partial charge in [-0.2, -0.15) is 0 Å². The number of methoxy groups -OCH3 is 1. The van der Waals surface area contributed by atoms with E-state index in [0.717, 1.165) is 19.0 Å². The second-order valence-corrected chi connectivity index (χ2v) is 4.97. The molecule has 0 aromatic carbocycles. The largest absolute Gasteiger partial charge is 0.478 e. The quantitative estimate of drug-likeness (QED) is 0.626. The summed E-state index contributed by atoms with van der Waals surface area (Å²) in [7, 11) is 1.67. The number of hydrogen-bond acceptors (Lipinski definition) is 5. The minimum atomic E-state index is 0.625. The summed E-state index contributed by atoms with van der Waals surface area (Å²) >= 11 is 0. The number of ether oxygens (including phenoxy) is 3. The van der Waals surface area contributed by atoms with Crippen molar-refractivity contribution in [3.05, 3.63) is 23.9 Å². The van der Waals surface area contributed by atoms with Crippen LogP contribution in [-0.2, 0) is 16.0 Å². The number of nitrogens with one attached hydrogen (secondary N) is 1. The van der Waals surface area contributed by atoms with E-state index in [2.05, 4.69) is 16.4 Å². The van der Waals surface area contributed by atoms with Crippen LogP contribution in [0, 0.1) is 0 Å². The van der Waals surface area contributed by atoms with Crippen LogP contribution in [0.15, 0.2) is 18.3 Å². The Morgan fingerprint density at radius 2 is 2.10 bits per heavy atom. The number of rotatable bonds is 11. The van der Waals surface area contributed by atoms with Gasteiger partial charge < -0.3 is 19.5 Å². The maximum atomic E-state index is 5.56. The fourth-order valence-electron chi connectivity index (χ4n) is 1.73. The molecule has 0 spiro atoms. The van der Waals surface area contributed by atoms with E-state index < -0.39 is 0 Å². The lowest BCUT2D eigenvalue weighted by Crippen LogP contribution is -2.15. The van der Waals surface area contributed by atoms with Crippen LogP contribution in [0.4, 0.5) is 0 Å². The van der Waals surface area contributed by atoms with Crippen molar-refractivity contribution in [3.8, 4) is 5.88 Å². The lowest BCUT2D eigenvalue weighted by molar-refractivity contribution is 0.0642. The maximum Gasteiger partial charge on any atom is 0.213 e. The Morgan fingerprint density at radius 3 is 2.80 bits per heavy atom. The van der Waals surface area contributed by atoms with Crippen molar-refractivity contribution in [2.45, 2.75) is 31.8 Å². The molecule has 0 aliphatic heterocycles. The number of pyridine rings is 1. The molecule has 5 nitrogen and oxygen atoms in total. The summed E-state index contributed by atoms with van der Waals surface area (Å²) in [6, 6.07) is 4.71. The van der Waals surface area contributed by atoms with Gasteiger partial charge in [-0.15, -0.1) is 0 Å². The van der Waals surface area contributed by atoms with Crippen molar-refractivity contribution in [1.29, 1.82) is 0 Å². The molecule has 0 amide bonds. The highest BCUT2D eigenvalue weighted by Gasteiger charge is 2.19. The molecule has 1 fully saturated rings. The first-order valence-corrected chi connectivity index (χ1v) is 7.26. The van der Waals surface area contributed by atoms with Crippen LogP contribution >= 0.6 is 0 Å². The average molecular weight is 280 g/mol. The van der Waals surface area contributed by atoms with Crippen LogP contribution in [0.1, 0.15) is 24.8 Å². The van der Waals surface area contributed by atoms with Gasteiger partial charge >= 0.3 is 0 Å². The smallest absolute Gasteiger partial charge is 0.213 e. The summed E-state index contributed by atoms with van der Waals surface area (Å²) in [6.45, 7) is 3.48. The molecule has 0 bridgehead atoms. The molecule has 1 heterocycles. The predicted molar refractivity (Wildman–Crippen MR) is 76.9 cm³/mol. The molecule has 0 atom stereocenters. The zero-order chi connectivity index (χ0) is 14.0. The Hall–Kier alpha value is -1.17. The zero-order valence-corrected chi connectivity index (χ0v) is 12.1. The highest BCUT2D eigenvalue weighted by Crippen LogP contribution is 2.19. The molecule has 1 N–H and O–H groups in total. The van der Waals surface area contributed by atoms with E-state index in [1.165, 1.54) is 18.4 Å². The molecule has 5 heteroatoms. The summed E-state index contributed by atoms with van der Waals surface area (Å²) in [6.07, 6.45) is 5.35. The SMILES string of the molecule is COCCOCCCOc1ccc(CNC2CC2)cn1. The lowest BCUT2D eigenvalue weighted by atomic mass is 10.3. The van der Waals surface area contributed by atoms with Crippen LogP contribution in [0.25, 0.3) is 0 Å². The first-order valence-electron chi connectivity index (χ1n) is 7.26. The van der Waals surface area contributed by atoms with Gasteiger partial charge in [0.25, 0.3) is 0 Å². The summed E-state index contributed by atoms with van der Waals surface area (Å²) in [5.41, 5.74) is 1.20. The van der Waals surface area contributed by atoms with E-state index >= 15 is 0 Å². The Balaban J connectivity index is 1.53. The summed E-state index contributed by atoms with van der Waals surface area (Å²) in [4.78, 5) is 4.30. The van der Waals surface area contributed by atoms with E-state index in [9.17, 15) is 0 Å². The van der Waals surface area contributed by atoms with Crippen LogP contribution in [0.2, 0.25) is 0 Å². The van der Waals surface area contributed by atoms with Gasteiger partial charge in [0.2, 0.25) is 5.88 Å². The molecule has 1 aromatic rings. The summed E-state index contributed by atoms with van der Waals surface area (Å²) in [5.74, 6) is 0.678. The van der Waals surface area contributed by atoms with Crippen molar-refractivity contribution < 1.29 is 14.2 Å². The van der Waals surface area contributed by atoms with Crippen molar-refractivity contribution in [2.24, 2.45) is 0 Å². The molecular weight excluding hydrogens is 256 g/mol. The second kappa shape index (κ2) is 8.89. The number of aromatic nitrogens is 1. The lowest BCUT2D eigenvalue weighted by Gasteiger charge is -2.07. The normalized spacial score (nSPS) is 14.4. The predicted octanol–water partition coefficient (Wildman–Crippen LogP) is 1.77. The highest BCUT2D eigenvalue weighted by molar-refractivity contribution is 5.17. The monoisotopic (exact) mass is 280 g/mol. The molecule has 0 saturated heterocycles. The fraction of sp³-hybridized carbons (Fsp3) is 0.667. The summed E-state index contributed by atoms with van der Waals surface area (Å²) in [5, 5.41) is 3.46. The second-order valence-electron chi connectivity index (χ2n) is 4.97.